The average molecular weight is 277 g/mol. The molecule has 0 saturated carbocycles. The van der Waals surface area contributed by atoms with E-state index < -0.39 is 5.97 Å². The molecule has 4 heteroatoms. The topological polar surface area (TPSA) is 49.4 Å². The maximum atomic E-state index is 10.9. The van der Waals surface area contributed by atoms with Crippen molar-refractivity contribution in [1.82, 2.24) is 0 Å². The molecule has 0 unspecified atom stereocenters. The van der Waals surface area contributed by atoms with Crippen LogP contribution in [0.2, 0.25) is 6.04 Å². The van der Waals surface area contributed by atoms with Crippen molar-refractivity contribution in [2.45, 2.75) is 51.5 Å². The van der Waals surface area contributed by atoms with Crippen molar-refractivity contribution >= 4 is 15.7 Å². The van der Waals surface area contributed by atoms with Gasteiger partial charge in [-0.3, -0.25) is 0 Å². The summed E-state index contributed by atoms with van der Waals surface area (Å²) in [6.07, 6.45) is 7.57. The smallest absolute Gasteiger partial charge is 0.310 e. The van der Waals surface area contributed by atoms with Crippen LogP contribution < -0.4 is 9.53 Å². The molecule has 3 nitrogen and oxygen atoms in total. The van der Waals surface area contributed by atoms with E-state index in [1.54, 1.807) is 18.2 Å². The number of carbonyl (C=O) groups is 1. The summed E-state index contributed by atoms with van der Waals surface area (Å²) in [4.78, 5) is 10.9. The van der Waals surface area contributed by atoms with Gasteiger partial charge < -0.3 is 14.3 Å². The van der Waals surface area contributed by atoms with Crippen LogP contribution in [0, 0.1) is 0 Å². The summed E-state index contributed by atoms with van der Waals surface area (Å²) in [5, 5.41) is 10.9. The zero-order valence-corrected chi connectivity index (χ0v) is 12.5. The molecular weight excluding hydrogens is 256 g/mol. The lowest BCUT2D eigenvalue weighted by Crippen LogP contribution is -2.23. The Morgan fingerprint density at radius 2 is 1.84 bits per heavy atom. The molecule has 0 fully saturated rings. The second kappa shape index (κ2) is 9.61. The SMILES string of the molecule is CCCCCCCC[Si]Oc1ccccc1C(=O)[O-]. The molecule has 1 aromatic rings. The monoisotopic (exact) mass is 277 g/mol. The average Bonchev–Trinajstić information content (AvgIpc) is 2.42. The summed E-state index contributed by atoms with van der Waals surface area (Å²) in [6.45, 7) is 2.21. The Hall–Kier alpha value is -1.29. The molecule has 0 aliphatic rings. The second-order valence-corrected chi connectivity index (χ2v) is 5.54. The van der Waals surface area contributed by atoms with E-state index in [2.05, 4.69) is 6.92 Å². The van der Waals surface area contributed by atoms with E-state index in [9.17, 15) is 9.90 Å². The molecule has 0 heterocycles. The summed E-state index contributed by atoms with van der Waals surface area (Å²) < 4.78 is 5.53. The third-order valence-corrected chi connectivity index (χ3v) is 3.84. The van der Waals surface area contributed by atoms with Crippen LogP contribution in [0.1, 0.15) is 55.8 Å². The lowest BCUT2D eigenvalue weighted by Gasteiger charge is -2.11. The fraction of sp³-hybridized carbons (Fsp3) is 0.533. The third-order valence-electron chi connectivity index (χ3n) is 2.92. The Labute approximate surface area is 117 Å². The van der Waals surface area contributed by atoms with Crippen molar-refractivity contribution in [3.63, 3.8) is 0 Å². The Kier molecular flexibility index (Phi) is 7.98. The molecule has 0 aliphatic carbocycles. The van der Waals surface area contributed by atoms with E-state index in [1.165, 1.54) is 38.2 Å². The third kappa shape index (κ3) is 6.43. The lowest BCUT2D eigenvalue weighted by atomic mass is 10.1. The molecule has 0 aromatic heterocycles. The number of para-hydroxylation sites is 1. The second-order valence-electron chi connectivity index (χ2n) is 4.55. The number of benzene rings is 1. The maximum absolute atomic E-state index is 10.9. The van der Waals surface area contributed by atoms with Crippen molar-refractivity contribution in [1.29, 1.82) is 0 Å². The Morgan fingerprint density at radius 3 is 2.58 bits per heavy atom. The van der Waals surface area contributed by atoms with Gasteiger partial charge in [-0.05, 0) is 18.2 Å². The van der Waals surface area contributed by atoms with Gasteiger partial charge in [0.25, 0.3) is 0 Å². The van der Waals surface area contributed by atoms with Gasteiger partial charge in [0.1, 0.15) is 5.75 Å². The molecule has 0 N–H and O–H groups in total. The molecule has 19 heavy (non-hydrogen) atoms. The Bertz CT molecular complexity index is 379. The Balaban J connectivity index is 2.17. The molecule has 2 radical (unpaired) electrons. The van der Waals surface area contributed by atoms with Crippen LogP contribution >= 0.6 is 0 Å². The summed E-state index contributed by atoms with van der Waals surface area (Å²) in [5.41, 5.74) is 0.137. The van der Waals surface area contributed by atoms with Crippen LogP contribution in [0.3, 0.4) is 0 Å². The van der Waals surface area contributed by atoms with Crippen molar-refractivity contribution in [2.24, 2.45) is 0 Å². The number of hydrogen-bond acceptors (Lipinski definition) is 3. The van der Waals surface area contributed by atoms with Crippen molar-refractivity contribution in [3.05, 3.63) is 29.8 Å². The molecule has 0 bridgehead atoms. The minimum absolute atomic E-state index is 0.137. The molecule has 1 rings (SSSR count). The van der Waals surface area contributed by atoms with Gasteiger partial charge in [-0.2, -0.15) is 0 Å². The van der Waals surface area contributed by atoms with E-state index in [4.69, 9.17) is 4.43 Å². The fourth-order valence-electron chi connectivity index (χ4n) is 1.83. The minimum Gasteiger partial charge on any atom is -0.545 e. The normalized spacial score (nSPS) is 10.4. The highest BCUT2D eigenvalue weighted by molar-refractivity contribution is 6.28. The molecular formula is C15H21O3Si-. The summed E-state index contributed by atoms with van der Waals surface area (Å²) in [5.74, 6) is -0.758. The first-order valence-electron chi connectivity index (χ1n) is 6.95. The number of carbonyl (C=O) groups excluding carboxylic acids is 1. The molecule has 104 valence electrons. The van der Waals surface area contributed by atoms with Gasteiger partial charge >= 0.3 is 9.76 Å². The number of unbranched alkanes of at least 4 members (excludes halogenated alkanes) is 5. The molecule has 0 aliphatic heterocycles. The van der Waals surface area contributed by atoms with Crippen molar-refractivity contribution in [3.8, 4) is 5.75 Å². The van der Waals surface area contributed by atoms with Crippen LogP contribution in [0.5, 0.6) is 5.75 Å². The van der Waals surface area contributed by atoms with Gasteiger partial charge in [-0.15, -0.1) is 0 Å². The highest BCUT2D eigenvalue weighted by Crippen LogP contribution is 2.17. The fourth-order valence-corrected chi connectivity index (χ4v) is 2.66. The van der Waals surface area contributed by atoms with Crippen LogP contribution in [0.15, 0.2) is 24.3 Å². The molecule has 0 saturated heterocycles. The molecule has 1 aromatic carbocycles. The standard InChI is InChI=1S/C15H22O3Si/c1-2-3-4-5-6-9-12-19-18-14-11-8-7-10-13(14)15(16)17/h7-8,10-11H,2-6,9,12H2,1H3,(H,16,17)/p-1. The first-order chi connectivity index (χ1) is 9.25. The molecule has 0 amide bonds. The van der Waals surface area contributed by atoms with E-state index in [0.717, 1.165) is 12.5 Å². The quantitative estimate of drug-likeness (QED) is 0.488. The highest BCUT2D eigenvalue weighted by Gasteiger charge is 2.03. The summed E-state index contributed by atoms with van der Waals surface area (Å²) in [6, 6.07) is 7.64. The van der Waals surface area contributed by atoms with Gasteiger partial charge in [0, 0.05) is 5.56 Å². The van der Waals surface area contributed by atoms with Gasteiger partial charge in [-0.25, -0.2) is 0 Å². The van der Waals surface area contributed by atoms with Gasteiger partial charge in [0.15, 0.2) is 0 Å². The minimum atomic E-state index is -1.18. The van der Waals surface area contributed by atoms with Gasteiger partial charge in [0.2, 0.25) is 0 Å². The Morgan fingerprint density at radius 1 is 1.16 bits per heavy atom. The number of hydrogen-bond donors (Lipinski definition) is 0. The van der Waals surface area contributed by atoms with Crippen LogP contribution in [-0.2, 0) is 0 Å². The van der Waals surface area contributed by atoms with Gasteiger partial charge in [0.05, 0.1) is 5.97 Å². The van der Waals surface area contributed by atoms with E-state index in [-0.39, 0.29) is 5.56 Å². The number of carboxylic acid groups (broad SMARTS) is 1. The zero-order chi connectivity index (χ0) is 13.9. The predicted octanol–water partition coefficient (Wildman–Crippen LogP) is 2.83. The first-order valence-corrected chi connectivity index (χ1v) is 8.07. The lowest BCUT2D eigenvalue weighted by molar-refractivity contribution is -0.255. The maximum Gasteiger partial charge on any atom is 0.310 e. The van der Waals surface area contributed by atoms with Crippen molar-refractivity contribution < 1.29 is 14.3 Å². The van der Waals surface area contributed by atoms with Crippen LogP contribution in [0.25, 0.3) is 0 Å². The van der Waals surface area contributed by atoms with E-state index >= 15 is 0 Å². The van der Waals surface area contributed by atoms with Gasteiger partial charge in [-0.1, -0.05) is 57.6 Å². The highest BCUT2D eigenvalue weighted by atomic mass is 28.2. The molecule has 0 spiro atoms. The van der Waals surface area contributed by atoms with Crippen LogP contribution in [0.4, 0.5) is 0 Å². The number of rotatable bonds is 10. The molecule has 0 atom stereocenters. The zero-order valence-electron chi connectivity index (χ0n) is 11.5. The predicted molar refractivity (Wildman–Crippen MR) is 75.3 cm³/mol. The summed E-state index contributed by atoms with van der Waals surface area (Å²) in [7, 11) is 0.320. The van der Waals surface area contributed by atoms with Crippen molar-refractivity contribution in [2.75, 3.05) is 0 Å². The van der Waals surface area contributed by atoms with E-state index in [0.29, 0.717) is 15.5 Å². The first kappa shape index (κ1) is 15.8. The van der Waals surface area contributed by atoms with E-state index in [1.807, 2.05) is 0 Å². The number of carboxylic acids is 1. The largest absolute Gasteiger partial charge is 0.545 e. The number of aromatic carboxylic acids is 1. The van der Waals surface area contributed by atoms with Crippen LogP contribution in [-0.4, -0.2) is 15.7 Å². The summed E-state index contributed by atoms with van der Waals surface area (Å²) >= 11 is 0.